The van der Waals surface area contributed by atoms with Crippen LogP contribution in [0.2, 0.25) is 0 Å². The van der Waals surface area contributed by atoms with E-state index < -0.39 is 0 Å². The summed E-state index contributed by atoms with van der Waals surface area (Å²) in [7, 11) is 0. The molecule has 0 radical (unpaired) electrons. The van der Waals surface area contributed by atoms with Gasteiger partial charge < -0.3 is 0 Å². The van der Waals surface area contributed by atoms with Crippen molar-refractivity contribution in [3.05, 3.63) is 90.4 Å². The number of para-hydroxylation sites is 1. The van der Waals surface area contributed by atoms with Crippen LogP contribution in [0.4, 0.5) is 0 Å². The molecule has 0 saturated heterocycles. The first-order valence-electron chi connectivity index (χ1n) is 9.32. The number of benzene rings is 3. The quantitative estimate of drug-likeness (QED) is 0.410. The molecule has 3 heteroatoms. The molecule has 3 nitrogen and oxygen atoms in total. The molecule has 3 heterocycles. The van der Waals surface area contributed by atoms with E-state index in [-0.39, 0.29) is 0 Å². The van der Waals surface area contributed by atoms with E-state index in [1.54, 1.807) is 0 Å². The maximum atomic E-state index is 4.92. The van der Waals surface area contributed by atoms with Crippen LogP contribution in [0.1, 0.15) is 11.4 Å². The first-order valence-corrected chi connectivity index (χ1v) is 9.32. The number of aromatic nitrogens is 3. The lowest BCUT2D eigenvalue weighted by atomic mass is 10.0. The first-order chi connectivity index (χ1) is 13.4. The molecule has 0 fully saturated rings. The number of rotatable bonds is 1. The van der Waals surface area contributed by atoms with Crippen molar-refractivity contribution in [1.82, 2.24) is 14.5 Å². The average Bonchev–Trinajstić information content (AvgIpc) is 3.12. The summed E-state index contributed by atoms with van der Waals surface area (Å²) in [5, 5.41) is 2.47. The highest BCUT2D eigenvalue weighted by atomic mass is 15.1. The molecule has 0 aliphatic carbocycles. The number of aryl methyl sites for hydroxylation is 2. The van der Waals surface area contributed by atoms with E-state index in [0.29, 0.717) is 0 Å². The Hall–Kier alpha value is -3.46. The number of fused-ring (bicyclic) bond motifs is 6. The van der Waals surface area contributed by atoms with Crippen LogP contribution >= 0.6 is 0 Å². The third-order valence-corrected chi connectivity index (χ3v) is 5.51. The van der Waals surface area contributed by atoms with Crippen LogP contribution in [0.3, 0.4) is 0 Å². The van der Waals surface area contributed by atoms with Gasteiger partial charge in [0.1, 0.15) is 5.82 Å². The third-order valence-electron chi connectivity index (χ3n) is 5.51. The van der Waals surface area contributed by atoms with E-state index >= 15 is 0 Å². The highest BCUT2D eigenvalue weighted by molar-refractivity contribution is 5.95. The fourth-order valence-corrected chi connectivity index (χ4v) is 4.23. The summed E-state index contributed by atoms with van der Waals surface area (Å²) >= 11 is 0. The molecule has 128 valence electrons. The smallest absolute Gasteiger partial charge is 0.114 e. The molecule has 0 saturated carbocycles. The zero-order valence-corrected chi connectivity index (χ0v) is 14.8. The number of nitrogens with zero attached hydrogens (tertiary/aromatic N) is 3. The van der Waals surface area contributed by atoms with E-state index in [4.69, 9.17) is 9.97 Å². The highest BCUT2D eigenvalue weighted by Crippen LogP contribution is 2.34. The van der Waals surface area contributed by atoms with Gasteiger partial charge in [0.25, 0.3) is 0 Å². The van der Waals surface area contributed by atoms with Gasteiger partial charge in [0, 0.05) is 18.2 Å². The Morgan fingerprint density at radius 1 is 0.778 bits per heavy atom. The fourth-order valence-electron chi connectivity index (χ4n) is 4.23. The third kappa shape index (κ3) is 2.15. The van der Waals surface area contributed by atoms with Crippen molar-refractivity contribution in [3.63, 3.8) is 0 Å². The number of hydrogen-bond acceptors (Lipinski definition) is 2. The molecule has 0 amide bonds. The number of imidazole rings is 1. The van der Waals surface area contributed by atoms with Crippen LogP contribution in [-0.4, -0.2) is 14.5 Å². The molecule has 0 N–H and O–H groups in total. The van der Waals surface area contributed by atoms with Crippen molar-refractivity contribution in [3.8, 4) is 16.9 Å². The molecule has 2 aromatic heterocycles. The van der Waals surface area contributed by atoms with Crippen LogP contribution in [0.5, 0.6) is 0 Å². The lowest BCUT2D eigenvalue weighted by molar-refractivity contribution is 0.789. The topological polar surface area (TPSA) is 30.7 Å². The van der Waals surface area contributed by atoms with Crippen LogP contribution in [-0.2, 0) is 12.8 Å². The van der Waals surface area contributed by atoms with E-state index in [1.807, 2.05) is 12.3 Å². The van der Waals surface area contributed by atoms with Crippen LogP contribution in [0.25, 0.3) is 38.8 Å². The maximum Gasteiger partial charge on any atom is 0.114 e. The van der Waals surface area contributed by atoms with Crippen molar-refractivity contribution >= 4 is 21.8 Å². The zero-order valence-electron chi connectivity index (χ0n) is 14.8. The van der Waals surface area contributed by atoms with Crippen molar-refractivity contribution < 1.29 is 0 Å². The Morgan fingerprint density at radius 2 is 1.63 bits per heavy atom. The fraction of sp³-hybridized carbons (Fsp3) is 0.0833. The molecule has 3 aromatic carbocycles. The largest absolute Gasteiger partial charge is 0.294 e. The molecule has 1 aliphatic rings. The van der Waals surface area contributed by atoms with Crippen LogP contribution in [0.15, 0.2) is 79.0 Å². The van der Waals surface area contributed by atoms with E-state index in [2.05, 4.69) is 71.3 Å². The second kappa shape index (κ2) is 5.52. The molecular formula is C24H17N3. The van der Waals surface area contributed by atoms with Gasteiger partial charge in [0.2, 0.25) is 0 Å². The lowest BCUT2D eigenvalue weighted by Gasteiger charge is -2.19. The molecule has 5 aromatic rings. The van der Waals surface area contributed by atoms with Crippen molar-refractivity contribution in [2.24, 2.45) is 0 Å². The predicted octanol–water partition coefficient (Wildman–Crippen LogP) is 5.34. The van der Waals surface area contributed by atoms with Crippen molar-refractivity contribution in [2.45, 2.75) is 12.8 Å². The Morgan fingerprint density at radius 3 is 2.59 bits per heavy atom. The molecule has 1 aliphatic heterocycles. The molecule has 0 bridgehead atoms. The molecule has 0 spiro atoms. The van der Waals surface area contributed by atoms with Gasteiger partial charge in [-0.1, -0.05) is 54.6 Å². The Kier molecular flexibility index (Phi) is 3.00. The standard InChI is InChI=1S/C24H17N3/c1-2-7-18-15-19(10-9-16(18)5-1)23-24-20(13-14-25-23)26-22-12-11-17-6-3-4-8-21(17)27(22)24/h1-10,13-15H,11-12H2. The minimum Gasteiger partial charge on any atom is -0.294 e. The maximum absolute atomic E-state index is 4.92. The molecule has 27 heavy (non-hydrogen) atoms. The normalized spacial score (nSPS) is 12.9. The average molecular weight is 347 g/mol. The zero-order chi connectivity index (χ0) is 17.8. The predicted molar refractivity (Wildman–Crippen MR) is 109 cm³/mol. The summed E-state index contributed by atoms with van der Waals surface area (Å²) in [6.07, 6.45) is 3.87. The Labute approximate surface area is 156 Å². The molecular weight excluding hydrogens is 330 g/mol. The number of pyridine rings is 1. The summed E-state index contributed by atoms with van der Waals surface area (Å²) in [5.74, 6) is 1.12. The molecule has 0 atom stereocenters. The summed E-state index contributed by atoms with van der Waals surface area (Å²) in [6, 6.07) is 25.7. The van der Waals surface area contributed by atoms with Crippen LogP contribution in [0, 0.1) is 0 Å². The summed E-state index contributed by atoms with van der Waals surface area (Å²) in [4.78, 5) is 9.70. The Bertz CT molecular complexity index is 1330. The second-order valence-electron chi connectivity index (χ2n) is 7.08. The Balaban J connectivity index is 1.68. The van der Waals surface area contributed by atoms with Gasteiger partial charge in [-0.25, -0.2) is 4.98 Å². The first kappa shape index (κ1) is 14.7. The molecule has 6 rings (SSSR count). The minimum atomic E-state index is 0.961. The van der Waals surface area contributed by atoms with Gasteiger partial charge in [0.15, 0.2) is 0 Å². The number of hydrogen-bond donors (Lipinski definition) is 0. The monoisotopic (exact) mass is 347 g/mol. The van der Waals surface area contributed by atoms with Crippen LogP contribution < -0.4 is 0 Å². The van der Waals surface area contributed by atoms with Gasteiger partial charge in [-0.3, -0.25) is 9.55 Å². The van der Waals surface area contributed by atoms with E-state index in [0.717, 1.165) is 41.0 Å². The van der Waals surface area contributed by atoms with Gasteiger partial charge in [-0.2, -0.15) is 0 Å². The summed E-state index contributed by atoms with van der Waals surface area (Å²) in [6.45, 7) is 0. The lowest BCUT2D eigenvalue weighted by Crippen LogP contribution is -2.12. The van der Waals surface area contributed by atoms with Gasteiger partial charge in [-0.05, 0) is 41.0 Å². The van der Waals surface area contributed by atoms with E-state index in [1.165, 1.54) is 22.0 Å². The minimum absolute atomic E-state index is 0.961. The summed E-state index contributed by atoms with van der Waals surface area (Å²) < 4.78 is 2.31. The summed E-state index contributed by atoms with van der Waals surface area (Å²) in [5.41, 5.74) is 6.85. The highest BCUT2D eigenvalue weighted by Gasteiger charge is 2.22. The van der Waals surface area contributed by atoms with E-state index in [9.17, 15) is 0 Å². The van der Waals surface area contributed by atoms with Crippen molar-refractivity contribution in [2.75, 3.05) is 0 Å². The van der Waals surface area contributed by atoms with Gasteiger partial charge >= 0.3 is 0 Å². The second-order valence-corrected chi connectivity index (χ2v) is 7.08. The SMILES string of the molecule is c1ccc2c(c1)CCc1nc3ccnc(-c4ccc5ccccc5c4)c3n1-2. The van der Waals surface area contributed by atoms with Gasteiger partial charge in [-0.15, -0.1) is 0 Å². The van der Waals surface area contributed by atoms with Gasteiger partial charge in [0.05, 0.1) is 22.4 Å². The van der Waals surface area contributed by atoms with Crippen molar-refractivity contribution in [1.29, 1.82) is 0 Å². The molecule has 0 unspecified atom stereocenters.